The average molecular weight is 304 g/mol. The van der Waals surface area contributed by atoms with Gasteiger partial charge in [0.1, 0.15) is 5.75 Å². The van der Waals surface area contributed by atoms with Crippen LogP contribution in [-0.4, -0.2) is 17.1 Å². The first-order valence-corrected chi connectivity index (χ1v) is 6.45. The van der Waals surface area contributed by atoms with Gasteiger partial charge in [-0.3, -0.25) is 9.97 Å². The standard InChI is InChI=1S/C16H11F3N2O/c1-22-12-4-2-10(3-5-12)13-8-11(16(17,18)19)9-14-15(13)21-7-6-20-14/h2-9H,1H3. The van der Waals surface area contributed by atoms with Gasteiger partial charge >= 0.3 is 6.18 Å². The zero-order valence-corrected chi connectivity index (χ0v) is 11.6. The molecule has 1 aromatic heterocycles. The maximum absolute atomic E-state index is 13.1. The van der Waals surface area contributed by atoms with Gasteiger partial charge in [0.25, 0.3) is 0 Å². The number of ether oxygens (including phenoxy) is 1. The number of alkyl halides is 3. The molecule has 1 heterocycles. The monoisotopic (exact) mass is 304 g/mol. The Morgan fingerprint density at radius 2 is 1.64 bits per heavy atom. The van der Waals surface area contributed by atoms with Gasteiger partial charge in [-0.1, -0.05) is 12.1 Å². The van der Waals surface area contributed by atoms with Crippen LogP contribution in [0.3, 0.4) is 0 Å². The molecular formula is C16H11F3N2O. The van der Waals surface area contributed by atoms with Crippen molar-refractivity contribution in [3.63, 3.8) is 0 Å². The Hall–Kier alpha value is -2.63. The molecule has 22 heavy (non-hydrogen) atoms. The molecule has 3 rings (SSSR count). The molecule has 0 radical (unpaired) electrons. The molecule has 3 nitrogen and oxygen atoms in total. The summed E-state index contributed by atoms with van der Waals surface area (Å²) in [5.41, 5.74) is 0.910. The van der Waals surface area contributed by atoms with Crippen LogP contribution >= 0.6 is 0 Å². The third kappa shape index (κ3) is 2.59. The molecule has 0 bridgehead atoms. The molecule has 3 aromatic rings. The van der Waals surface area contributed by atoms with Crippen molar-refractivity contribution >= 4 is 11.0 Å². The molecule has 0 amide bonds. The smallest absolute Gasteiger partial charge is 0.416 e. The molecule has 0 saturated carbocycles. The summed E-state index contributed by atoms with van der Waals surface area (Å²) in [5.74, 6) is 0.631. The maximum atomic E-state index is 13.1. The van der Waals surface area contributed by atoms with Crippen molar-refractivity contribution in [1.29, 1.82) is 0 Å². The fourth-order valence-electron chi connectivity index (χ4n) is 2.23. The lowest BCUT2D eigenvalue weighted by molar-refractivity contribution is -0.137. The number of halogens is 3. The zero-order valence-electron chi connectivity index (χ0n) is 11.6. The molecule has 6 heteroatoms. The normalized spacial score (nSPS) is 11.6. The van der Waals surface area contributed by atoms with E-state index in [1.807, 2.05) is 0 Å². The van der Waals surface area contributed by atoms with Crippen LogP contribution in [0.2, 0.25) is 0 Å². The van der Waals surface area contributed by atoms with Crippen LogP contribution in [-0.2, 0) is 6.18 Å². The summed E-state index contributed by atoms with van der Waals surface area (Å²) in [6.45, 7) is 0. The van der Waals surface area contributed by atoms with Gasteiger partial charge < -0.3 is 4.74 Å². The van der Waals surface area contributed by atoms with Crippen LogP contribution in [0.1, 0.15) is 5.56 Å². The number of nitrogens with zero attached hydrogens (tertiary/aromatic N) is 2. The Bertz CT molecular complexity index is 814. The van der Waals surface area contributed by atoms with E-state index < -0.39 is 11.7 Å². The molecule has 112 valence electrons. The van der Waals surface area contributed by atoms with E-state index in [0.29, 0.717) is 22.4 Å². The molecule has 0 atom stereocenters. The number of hydrogen-bond donors (Lipinski definition) is 0. The van der Waals surface area contributed by atoms with Crippen molar-refractivity contribution in [2.24, 2.45) is 0 Å². The van der Waals surface area contributed by atoms with Gasteiger partial charge in [-0.15, -0.1) is 0 Å². The first-order valence-electron chi connectivity index (χ1n) is 6.45. The van der Waals surface area contributed by atoms with Gasteiger partial charge in [0.05, 0.1) is 23.7 Å². The topological polar surface area (TPSA) is 35.0 Å². The SMILES string of the molecule is COc1ccc(-c2cc(C(F)(F)F)cc3nccnc23)cc1. The minimum Gasteiger partial charge on any atom is -0.497 e. The number of aromatic nitrogens is 2. The Labute approximate surface area is 124 Å². The summed E-state index contributed by atoms with van der Waals surface area (Å²) >= 11 is 0. The quantitative estimate of drug-likeness (QED) is 0.707. The van der Waals surface area contributed by atoms with Gasteiger partial charge in [0.15, 0.2) is 0 Å². The van der Waals surface area contributed by atoms with E-state index in [2.05, 4.69) is 9.97 Å². The van der Waals surface area contributed by atoms with Gasteiger partial charge in [-0.2, -0.15) is 13.2 Å². The second-order valence-electron chi connectivity index (χ2n) is 4.67. The van der Waals surface area contributed by atoms with E-state index in [1.54, 1.807) is 24.3 Å². The highest BCUT2D eigenvalue weighted by molar-refractivity contribution is 5.92. The van der Waals surface area contributed by atoms with Crippen LogP contribution in [0, 0.1) is 0 Å². The summed E-state index contributed by atoms with van der Waals surface area (Å²) in [7, 11) is 1.53. The van der Waals surface area contributed by atoms with Crippen LogP contribution in [0.4, 0.5) is 13.2 Å². The molecule has 2 aromatic carbocycles. The third-order valence-electron chi connectivity index (χ3n) is 3.30. The molecule has 0 N–H and O–H groups in total. The Morgan fingerprint density at radius 1 is 0.955 bits per heavy atom. The first kappa shape index (κ1) is 14.3. The van der Waals surface area contributed by atoms with E-state index in [1.165, 1.54) is 19.5 Å². The van der Waals surface area contributed by atoms with Gasteiger partial charge in [0.2, 0.25) is 0 Å². The van der Waals surface area contributed by atoms with E-state index in [4.69, 9.17) is 4.74 Å². The maximum Gasteiger partial charge on any atom is 0.416 e. The fourth-order valence-corrected chi connectivity index (χ4v) is 2.23. The number of methoxy groups -OCH3 is 1. The van der Waals surface area contributed by atoms with Crippen molar-refractivity contribution < 1.29 is 17.9 Å². The lowest BCUT2D eigenvalue weighted by Gasteiger charge is -2.12. The molecule has 0 unspecified atom stereocenters. The Balaban J connectivity index is 2.25. The van der Waals surface area contributed by atoms with Crippen LogP contribution in [0.5, 0.6) is 5.75 Å². The second kappa shape index (κ2) is 5.29. The first-order chi connectivity index (χ1) is 10.5. The number of rotatable bonds is 2. The molecule has 0 fully saturated rings. The summed E-state index contributed by atoms with van der Waals surface area (Å²) < 4.78 is 44.2. The predicted molar refractivity (Wildman–Crippen MR) is 76.5 cm³/mol. The van der Waals surface area contributed by atoms with Crippen molar-refractivity contribution in [3.05, 3.63) is 54.4 Å². The number of hydrogen-bond acceptors (Lipinski definition) is 3. The Kier molecular flexibility index (Phi) is 3.44. The van der Waals surface area contributed by atoms with Crippen LogP contribution in [0.25, 0.3) is 22.2 Å². The van der Waals surface area contributed by atoms with Crippen LogP contribution in [0.15, 0.2) is 48.8 Å². The summed E-state index contributed by atoms with van der Waals surface area (Å²) in [6, 6.07) is 8.88. The summed E-state index contributed by atoms with van der Waals surface area (Å²) in [5, 5.41) is 0. The molecule has 0 aliphatic heterocycles. The van der Waals surface area contributed by atoms with E-state index in [9.17, 15) is 13.2 Å². The molecule has 0 aliphatic carbocycles. The van der Waals surface area contributed by atoms with E-state index >= 15 is 0 Å². The predicted octanol–water partition coefficient (Wildman–Crippen LogP) is 4.32. The molecule has 0 aliphatic rings. The highest BCUT2D eigenvalue weighted by atomic mass is 19.4. The average Bonchev–Trinajstić information content (AvgIpc) is 2.53. The van der Waals surface area contributed by atoms with E-state index in [0.717, 1.165) is 12.1 Å². The van der Waals surface area contributed by atoms with Crippen molar-refractivity contribution in [2.45, 2.75) is 6.18 Å². The zero-order chi connectivity index (χ0) is 15.7. The Morgan fingerprint density at radius 3 is 2.27 bits per heavy atom. The van der Waals surface area contributed by atoms with E-state index in [-0.39, 0.29) is 5.52 Å². The lowest BCUT2D eigenvalue weighted by Crippen LogP contribution is -2.05. The van der Waals surface area contributed by atoms with Crippen LogP contribution < -0.4 is 4.74 Å². The second-order valence-corrected chi connectivity index (χ2v) is 4.67. The van der Waals surface area contributed by atoms with Gasteiger partial charge in [0, 0.05) is 18.0 Å². The number of benzene rings is 2. The third-order valence-corrected chi connectivity index (χ3v) is 3.30. The molecule has 0 spiro atoms. The minimum absolute atomic E-state index is 0.211. The summed E-state index contributed by atoms with van der Waals surface area (Å²) in [4.78, 5) is 8.15. The molecule has 0 saturated heterocycles. The highest BCUT2D eigenvalue weighted by Crippen LogP contribution is 2.36. The minimum atomic E-state index is -4.44. The fraction of sp³-hybridized carbons (Fsp3) is 0.125. The van der Waals surface area contributed by atoms with Crippen molar-refractivity contribution in [1.82, 2.24) is 9.97 Å². The van der Waals surface area contributed by atoms with Gasteiger partial charge in [-0.25, -0.2) is 0 Å². The van der Waals surface area contributed by atoms with Gasteiger partial charge in [-0.05, 0) is 29.8 Å². The van der Waals surface area contributed by atoms with Crippen molar-refractivity contribution in [3.8, 4) is 16.9 Å². The lowest BCUT2D eigenvalue weighted by atomic mass is 10.0. The highest BCUT2D eigenvalue weighted by Gasteiger charge is 2.31. The molecular weight excluding hydrogens is 293 g/mol. The largest absolute Gasteiger partial charge is 0.497 e. The number of fused-ring (bicyclic) bond motifs is 1. The van der Waals surface area contributed by atoms with Crippen molar-refractivity contribution in [2.75, 3.05) is 7.11 Å². The summed E-state index contributed by atoms with van der Waals surface area (Å²) in [6.07, 6.45) is -1.60.